The summed E-state index contributed by atoms with van der Waals surface area (Å²) < 4.78 is 6.86. The van der Waals surface area contributed by atoms with Crippen molar-refractivity contribution in [2.24, 2.45) is 29.1 Å². The Kier molecular flexibility index (Phi) is 7.60. The molecule has 5 fully saturated rings. The largest absolute Gasteiger partial charge is 0.374 e. The Morgan fingerprint density at radius 3 is 2.09 bits per heavy atom. The third-order valence-electron chi connectivity index (χ3n) is 10.7. The standard InChI is InChI=1S/C31H51NO/c1-31(2)27-18-10-11-19-28(27)32(3)30(31)20-12-17-26-21-25(23-13-6-4-7-14-23)22-29(33-26)24-15-8-5-9-16-24/h12,17,20,23-29H,4-11,13-16,18-19,21-22H2,1-3H3/b17-12+,30-20+. The zero-order chi connectivity index (χ0) is 22.8. The van der Waals surface area contributed by atoms with Crippen molar-refractivity contribution in [1.82, 2.24) is 4.90 Å². The van der Waals surface area contributed by atoms with E-state index in [1.54, 1.807) is 5.70 Å². The molecule has 0 amide bonds. The van der Waals surface area contributed by atoms with E-state index >= 15 is 0 Å². The molecule has 2 heteroatoms. The Hall–Kier alpha value is -0.760. The van der Waals surface area contributed by atoms with Gasteiger partial charge in [0.25, 0.3) is 0 Å². The van der Waals surface area contributed by atoms with E-state index < -0.39 is 0 Å². The van der Waals surface area contributed by atoms with Gasteiger partial charge in [0.1, 0.15) is 0 Å². The van der Waals surface area contributed by atoms with Crippen molar-refractivity contribution in [3.8, 4) is 0 Å². The third-order valence-corrected chi connectivity index (χ3v) is 10.7. The summed E-state index contributed by atoms with van der Waals surface area (Å²) in [6.07, 6.45) is 30.8. The predicted octanol–water partition coefficient (Wildman–Crippen LogP) is 8.28. The molecule has 5 rings (SSSR count). The fourth-order valence-corrected chi connectivity index (χ4v) is 8.80. The minimum atomic E-state index is 0.298. The van der Waals surface area contributed by atoms with Crippen LogP contribution in [0.15, 0.2) is 23.9 Å². The number of fused-ring (bicyclic) bond motifs is 1. The molecule has 2 aliphatic heterocycles. The second-order valence-electron chi connectivity index (χ2n) is 13.0. The van der Waals surface area contributed by atoms with E-state index in [0.717, 1.165) is 29.7 Å². The highest BCUT2D eigenvalue weighted by atomic mass is 16.5. The van der Waals surface area contributed by atoms with Crippen molar-refractivity contribution in [2.75, 3.05) is 7.05 Å². The molecule has 2 heterocycles. The van der Waals surface area contributed by atoms with Gasteiger partial charge in [0.05, 0.1) is 12.2 Å². The van der Waals surface area contributed by atoms with E-state index in [0.29, 0.717) is 17.6 Å². The second-order valence-corrected chi connectivity index (χ2v) is 13.0. The molecule has 0 aromatic rings. The van der Waals surface area contributed by atoms with Crippen LogP contribution in [0.3, 0.4) is 0 Å². The van der Waals surface area contributed by atoms with Crippen LogP contribution in [0.25, 0.3) is 0 Å². The van der Waals surface area contributed by atoms with Crippen molar-refractivity contribution < 1.29 is 4.74 Å². The number of hydrogen-bond acceptors (Lipinski definition) is 2. The highest BCUT2D eigenvalue weighted by Gasteiger charge is 2.49. The lowest BCUT2D eigenvalue weighted by molar-refractivity contribution is -0.0944. The first-order valence-electron chi connectivity index (χ1n) is 14.8. The molecule has 0 N–H and O–H groups in total. The average Bonchev–Trinajstić information content (AvgIpc) is 3.05. The van der Waals surface area contributed by atoms with Crippen molar-refractivity contribution in [3.05, 3.63) is 23.9 Å². The zero-order valence-electron chi connectivity index (χ0n) is 21.9. The molecule has 0 aromatic carbocycles. The first-order valence-corrected chi connectivity index (χ1v) is 14.8. The minimum Gasteiger partial charge on any atom is -0.374 e. The van der Waals surface area contributed by atoms with Crippen LogP contribution < -0.4 is 0 Å². The van der Waals surface area contributed by atoms with Crippen molar-refractivity contribution in [2.45, 2.75) is 135 Å². The summed E-state index contributed by atoms with van der Waals surface area (Å²) in [6.45, 7) is 4.99. The summed E-state index contributed by atoms with van der Waals surface area (Å²) in [7, 11) is 2.35. The molecule has 3 aliphatic carbocycles. The summed E-state index contributed by atoms with van der Waals surface area (Å²) in [5, 5.41) is 0. The lowest BCUT2D eigenvalue weighted by atomic mass is 9.71. The smallest absolute Gasteiger partial charge is 0.0765 e. The summed E-state index contributed by atoms with van der Waals surface area (Å²) in [5.41, 5.74) is 1.85. The quantitative estimate of drug-likeness (QED) is 0.424. The molecule has 0 bridgehead atoms. The Morgan fingerprint density at radius 2 is 1.39 bits per heavy atom. The first-order chi connectivity index (χ1) is 16.0. The maximum absolute atomic E-state index is 6.86. The molecule has 0 spiro atoms. The lowest BCUT2D eigenvalue weighted by Gasteiger charge is -2.43. The van der Waals surface area contributed by atoms with Crippen LogP contribution in [0, 0.1) is 29.1 Å². The van der Waals surface area contributed by atoms with Gasteiger partial charge in [-0.2, -0.15) is 0 Å². The molecule has 186 valence electrons. The topological polar surface area (TPSA) is 12.5 Å². The van der Waals surface area contributed by atoms with Gasteiger partial charge in [-0.25, -0.2) is 0 Å². The van der Waals surface area contributed by atoms with Crippen molar-refractivity contribution >= 4 is 0 Å². The van der Waals surface area contributed by atoms with Gasteiger partial charge in [0, 0.05) is 24.2 Å². The Balaban J connectivity index is 1.30. The Bertz CT molecular complexity index is 670. The summed E-state index contributed by atoms with van der Waals surface area (Å²) in [4.78, 5) is 2.63. The zero-order valence-corrected chi connectivity index (χ0v) is 21.9. The predicted molar refractivity (Wildman–Crippen MR) is 139 cm³/mol. The normalized spacial score (nSPS) is 39.9. The van der Waals surface area contributed by atoms with Gasteiger partial charge in [-0.15, -0.1) is 0 Å². The van der Waals surface area contributed by atoms with Crippen LogP contribution in [0.5, 0.6) is 0 Å². The van der Waals surface area contributed by atoms with Gasteiger partial charge in [0.2, 0.25) is 0 Å². The summed E-state index contributed by atoms with van der Waals surface area (Å²) in [5.74, 6) is 3.50. The molecule has 0 aromatic heterocycles. The SMILES string of the molecule is CN1/C(=C/C=C/C2CC(C3CCCCC3)CC(C3CCCCC3)O2)C(C)(C)C2CCCCC21. The molecule has 3 saturated carbocycles. The highest BCUT2D eigenvalue weighted by Crippen LogP contribution is 2.52. The molecule has 2 nitrogen and oxygen atoms in total. The van der Waals surface area contributed by atoms with E-state index in [2.05, 4.69) is 44.0 Å². The molecule has 2 saturated heterocycles. The van der Waals surface area contributed by atoms with Gasteiger partial charge in [-0.1, -0.05) is 90.2 Å². The van der Waals surface area contributed by atoms with E-state index in [1.165, 1.54) is 103 Å². The number of rotatable bonds is 4. The van der Waals surface area contributed by atoms with Gasteiger partial charge in [-0.3, -0.25) is 0 Å². The summed E-state index contributed by atoms with van der Waals surface area (Å²) >= 11 is 0. The fourth-order valence-electron chi connectivity index (χ4n) is 8.80. The fraction of sp³-hybridized carbons (Fsp3) is 0.871. The lowest BCUT2D eigenvalue weighted by Crippen LogP contribution is -2.40. The summed E-state index contributed by atoms with van der Waals surface area (Å²) in [6, 6.07) is 0.755. The minimum absolute atomic E-state index is 0.298. The molecule has 5 atom stereocenters. The maximum atomic E-state index is 6.86. The van der Waals surface area contributed by atoms with Crippen LogP contribution in [-0.2, 0) is 4.74 Å². The van der Waals surface area contributed by atoms with E-state index in [-0.39, 0.29) is 0 Å². The molecule has 5 aliphatic rings. The highest BCUT2D eigenvalue weighted by molar-refractivity contribution is 5.26. The maximum Gasteiger partial charge on any atom is 0.0765 e. The molecule has 0 radical (unpaired) electrons. The number of nitrogens with zero attached hydrogens (tertiary/aromatic N) is 1. The number of hydrogen-bond donors (Lipinski definition) is 0. The molecule has 33 heavy (non-hydrogen) atoms. The van der Waals surface area contributed by atoms with Gasteiger partial charge < -0.3 is 9.64 Å². The number of allylic oxidation sites excluding steroid dienone is 3. The van der Waals surface area contributed by atoms with E-state index in [9.17, 15) is 0 Å². The van der Waals surface area contributed by atoms with Crippen LogP contribution in [0.4, 0.5) is 0 Å². The average molecular weight is 454 g/mol. The number of likely N-dealkylation sites (tertiary alicyclic amines) is 1. The van der Waals surface area contributed by atoms with Gasteiger partial charge in [-0.05, 0) is 68.3 Å². The Labute approximate surface area is 204 Å². The van der Waals surface area contributed by atoms with Gasteiger partial charge in [0.15, 0.2) is 0 Å². The Morgan fingerprint density at radius 1 is 0.758 bits per heavy atom. The molecule has 5 unspecified atom stereocenters. The van der Waals surface area contributed by atoms with Gasteiger partial charge >= 0.3 is 0 Å². The van der Waals surface area contributed by atoms with E-state index in [4.69, 9.17) is 4.74 Å². The first kappa shape index (κ1) is 24.0. The van der Waals surface area contributed by atoms with Crippen LogP contribution >= 0.6 is 0 Å². The van der Waals surface area contributed by atoms with Crippen LogP contribution in [-0.4, -0.2) is 30.2 Å². The van der Waals surface area contributed by atoms with Crippen molar-refractivity contribution in [3.63, 3.8) is 0 Å². The van der Waals surface area contributed by atoms with Crippen molar-refractivity contribution in [1.29, 1.82) is 0 Å². The molecular weight excluding hydrogens is 402 g/mol. The van der Waals surface area contributed by atoms with Crippen LogP contribution in [0.2, 0.25) is 0 Å². The molecular formula is C31H51NO. The van der Waals surface area contributed by atoms with Crippen LogP contribution in [0.1, 0.15) is 117 Å². The number of ether oxygens (including phenoxy) is 1. The monoisotopic (exact) mass is 453 g/mol. The third kappa shape index (κ3) is 5.12. The van der Waals surface area contributed by atoms with E-state index in [1.807, 2.05) is 0 Å². The second kappa shape index (κ2) is 10.5.